The van der Waals surface area contributed by atoms with Crippen molar-refractivity contribution in [2.75, 3.05) is 7.05 Å². The van der Waals surface area contributed by atoms with Gasteiger partial charge in [-0.2, -0.15) is 0 Å². The fourth-order valence-electron chi connectivity index (χ4n) is 2.31. The van der Waals surface area contributed by atoms with Crippen molar-refractivity contribution in [3.8, 4) is 0 Å². The van der Waals surface area contributed by atoms with Crippen molar-refractivity contribution in [3.63, 3.8) is 0 Å². The largest absolute Gasteiger partial charge is 0.308 e. The minimum absolute atomic E-state index is 0.292. The van der Waals surface area contributed by atoms with Gasteiger partial charge >= 0.3 is 0 Å². The van der Waals surface area contributed by atoms with Gasteiger partial charge < -0.3 is 5.32 Å². The van der Waals surface area contributed by atoms with E-state index in [4.69, 9.17) is 4.98 Å². The molecule has 0 saturated heterocycles. The average molecular weight is 275 g/mol. The molecule has 112 valence electrons. The molecular weight excluding hydrogens is 246 g/mol. The highest BCUT2D eigenvalue weighted by molar-refractivity contribution is 5.11. The molecule has 1 aromatic rings. The second kappa shape index (κ2) is 6.23. The van der Waals surface area contributed by atoms with Crippen molar-refractivity contribution in [2.45, 2.75) is 65.7 Å². The van der Waals surface area contributed by atoms with Crippen LogP contribution in [0.4, 0.5) is 0 Å². The van der Waals surface area contributed by atoms with Crippen LogP contribution in [0, 0.1) is 5.41 Å². The van der Waals surface area contributed by atoms with Crippen molar-refractivity contribution in [1.29, 1.82) is 0 Å². The Kier molecular flexibility index (Phi) is 4.82. The summed E-state index contributed by atoms with van der Waals surface area (Å²) in [6.45, 7) is 11.0. The van der Waals surface area contributed by atoms with Gasteiger partial charge in [0.15, 0.2) is 0 Å². The van der Waals surface area contributed by atoms with Crippen LogP contribution < -0.4 is 5.32 Å². The SMILES string of the molecule is CC(N(C)Cc1cccc(CNC2CC2)n1)C(C)(C)C. The zero-order chi connectivity index (χ0) is 14.8. The lowest BCUT2D eigenvalue weighted by Crippen LogP contribution is -2.39. The third kappa shape index (κ3) is 4.57. The Balaban J connectivity index is 1.92. The van der Waals surface area contributed by atoms with Gasteiger partial charge in [0.05, 0.1) is 11.4 Å². The van der Waals surface area contributed by atoms with Crippen molar-refractivity contribution in [1.82, 2.24) is 15.2 Å². The van der Waals surface area contributed by atoms with Gasteiger partial charge in [-0.1, -0.05) is 26.8 Å². The molecule has 0 aromatic carbocycles. The van der Waals surface area contributed by atoms with Crippen molar-refractivity contribution in [3.05, 3.63) is 29.6 Å². The molecule has 0 bridgehead atoms. The van der Waals surface area contributed by atoms with Crippen LogP contribution >= 0.6 is 0 Å². The summed E-state index contributed by atoms with van der Waals surface area (Å²) in [5, 5.41) is 3.52. The van der Waals surface area contributed by atoms with Crippen LogP contribution in [0.25, 0.3) is 0 Å². The Hall–Kier alpha value is -0.930. The predicted molar refractivity (Wildman–Crippen MR) is 84.5 cm³/mol. The highest BCUT2D eigenvalue weighted by Gasteiger charge is 2.24. The lowest BCUT2D eigenvalue weighted by atomic mass is 9.87. The zero-order valence-electron chi connectivity index (χ0n) is 13.6. The van der Waals surface area contributed by atoms with Crippen LogP contribution in [0.3, 0.4) is 0 Å². The van der Waals surface area contributed by atoms with Crippen LogP contribution in [-0.2, 0) is 13.1 Å². The fourth-order valence-corrected chi connectivity index (χ4v) is 2.31. The van der Waals surface area contributed by atoms with Gasteiger partial charge in [-0.3, -0.25) is 9.88 Å². The van der Waals surface area contributed by atoms with Gasteiger partial charge in [0.25, 0.3) is 0 Å². The van der Waals surface area contributed by atoms with Gasteiger partial charge in [0.1, 0.15) is 0 Å². The molecular formula is C17H29N3. The van der Waals surface area contributed by atoms with E-state index in [0.29, 0.717) is 11.5 Å². The normalized spacial score (nSPS) is 17.5. The first-order valence-corrected chi connectivity index (χ1v) is 7.74. The third-order valence-corrected chi connectivity index (χ3v) is 4.34. The number of hydrogen-bond donors (Lipinski definition) is 1. The monoisotopic (exact) mass is 275 g/mol. The number of hydrogen-bond acceptors (Lipinski definition) is 3. The van der Waals surface area contributed by atoms with Gasteiger partial charge in [-0.25, -0.2) is 0 Å². The molecule has 1 fully saturated rings. The number of nitrogens with one attached hydrogen (secondary N) is 1. The van der Waals surface area contributed by atoms with Gasteiger partial charge in [-0.15, -0.1) is 0 Å². The molecule has 1 aliphatic rings. The maximum atomic E-state index is 4.77. The van der Waals surface area contributed by atoms with Gasteiger partial charge in [0, 0.05) is 25.2 Å². The van der Waals surface area contributed by atoms with Crippen molar-refractivity contribution in [2.24, 2.45) is 5.41 Å². The summed E-state index contributed by atoms with van der Waals surface area (Å²) in [5.41, 5.74) is 2.62. The van der Waals surface area contributed by atoms with Crippen LogP contribution in [0.1, 0.15) is 51.9 Å². The van der Waals surface area contributed by atoms with Crippen LogP contribution in [0.15, 0.2) is 18.2 Å². The van der Waals surface area contributed by atoms with Crippen LogP contribution in [0.5, 0.6) is 0 Å². The molecule has 3 heteroatoms. The molecule has 1 heterocycles. The Labute approximate surface area is 123 Å². The molecule has 3 nitrogen and oxygen atoms in total. The Morgan fingerprint density at radius 2 is 1.95 bits per heavy atom. The van der Waals surface area contributed by atoms with Crippen molar-refractivity contribution < 1.29 is 0 Å². The summed E-state index contributed by atoms with van der Waals surface area (Å²) in [6, 6.07) is 7.64. The number of rotatable bonds is 6. The molecule has 1 unspecified atom stereocenters. The molecule has 2 rings (SSSR count). The average Bonchev–Trinajstić information content (AvgIpc) is 3.19. The first kappa shape index (κ1) is 15.5. The second-order valence-electron chi connectivity index (χ2n) is 7.23. The molecule has 20 heavy (non-hydrogen) atoms. The number of aromatic nitrogens is 1. The molecule has 1 saturated carbocycles. The highest BCUT2D eigenvalue weighted by Crippen LogP contribution is 2.24. The first-order chi connectivity index (χ1) is 9.36. The van der Waals surface area contributed by atoms with Gasteiger partial charge in [0.2, 0.25) is 0 Å². The number of nitrogens with zero attached hydrogens (tertiary/aromatic N) is 2. The molecule has 0 spiro atoms. The molecule has 1 aromatic heterocycles. The first-order valence-electron chi connectivity index (χ1n) is 7.74. The zero-order valence-corrected chi connectivity index (χ0v) is 13.6. The lowest BCUT2D eigenvalue weighted by Gasteiger charge is -2.35. The van der Waals surface area contributed by atoms with E-state index in [0.717, 1.165) is 24.8 Å². The highest BCUT2D eigenvalue weighted by atomic mass is 15.1. The summed E-state index contributed by atoms with van der Waals surface area (Å²) in [5.74, 6) is 0. The molecule has 0 aliphatic heterocycles. The standard InChI is InChI=1S/C17H29N3/c1-13(17(2,3)4)20(5)12-16-8-6-7-15(19-16)11-18-14-9-10-14/h6-8,13-14,18H,9-12H2,1-5H3. The topological polar surface area (TPSA) is 28.2 Å². The van der Waals surface area contributed by atoms with Crippen molar-refractivity contribution >= 4 is 0 Å². The molecule has 1 N–H and O–H groups in total. The summed E-state index contributed by atoms with van der Waals surface area (Å²) in [6.07, 6.45) is 2.65. The molecule has 0 amide bonds. The minimum Gasteiger partial charge on any atom is -0.308 e. The maximum absolute atomic E-state index is 4.77. The number of pyridine rings is 1. The summed E-state index contributed by atoms with van der Waals surface area (Å²) in [4.78, 5) is 7.16. The summed E-state index contributed by atoms with van der Waals surface area (Å²) >= 11 is 0. The van der Waals surface area contributed by atoms with Crippen LogP contribution in [-0.4, -0.2) is 29.0 Å². The van der Waals surface area contributed by atoms with E-state index in [-0.39, 0.29) is 0 Å². The van der Waals surface area contributed by atoms with E-state index in [1.54, 1.807) is 0 Å². The van der Waals surface area contributed by atoms with E-state index >= 15 is 0 Å². The molecule has 1 aliphatic carbocycles. The van der Waals surface area contributed by atoms with E-state index in [2.05, 4.69) is 63.2 Å². The molecule has 0 radical (unpaired) electrons. The maximum Gasteiger partial charge on any atom is 0.0547 e. The molecule has 1 atom stereocenters. The minimum atomic E-state index is 0.292. The van der Waals surface area contributed by atoms with E-state index < -0.39 is 0 Å². The van der Waals surface area contributed by atoms with Crippen LogP contribution in [0.2, 0.25) is 0 Å². The fraction of sp³-hybridized carbons (Fsp3) is 0.706. The smallest absolute Gasteiger partial charge is 0.0547 e. The Morgan fingerprint density at radius 3 is 2.55 bits per heavy atom. The van der Waals surface area contributed by atoms with Gasteiger partial charge in [-0.05, 0) is 44.4 Å². The lowest BCUT2D eigenvalue weighted by molar-refractivity contribution is 0.133. The Bertz CT molecular complexity index is 432. The Morgan fingerprint density at radius 1 is 1.30 bits per heavy atom. The summed E-state index contributed by atoms with van der Waals surface area (Å²) in [7, 11) is 2.19. The van der Waals surface area contributed by atoms with E-state index in [1.807, 2.05) is 0 Å². The second-order valence-corrected chi connectivity index (χ2v) is 7.23. The van der Waals surface area contributed by atoms with E-state index in [1.165, 1.54) is 18.5 Å². The van der Waals surface area contributed by atoms with E-state index in [9.17, 15) is 0 Å². The third-order valence-electron chi connectivity index (χ3n) is 4.34. The predicted octanol–water partition coefficient (Wildman–Crippen LogP) is 3.20. The summed E-state index contributed by atoms with van der Waals surface area (Å²) < 4.78 is 0. The quantitative estimate of drug-likeness (QED) is 0.864.